The van der Waals surface area contributed by atoms with E-state index in [-0.39, 0.29) is 5.56 Å². The van der Waals surface area contributed by atoms with Crippen molar-refractivity contribution in [2.75, 3.05) is 0 Å². The third-order valence-electron chi connectivity index (χ3n) is 4.94. The van der Waals surface area contributed by atoms with Crippen LogP contribution >= 0.6 is 46.6 Å². The van der Waals surface area contributed by atoms with Crippen molar-refractivity contribution >= 4 is 57.7 Å². The Morgan fingerprint density at radius 1 is 1.03 bits per heavy atom. The van der Waals surface area contributed by atoms with Crippen molar-refractivity contribution in [2.45, 2.75) is 29.8 Å². The predicted octanol–water partition coefficient (Wildman–Crippen LogP) is 6.17. The third-order valence-corrected chi connectivity index (χ3v) is 6.94. The highest BCUT2D eigenvalue weighted by Gasteiger charge is 2.27. The summed E-state index contributed by atoms with van der Waals surface area (Å²) < 4.78 is 3.59. The first-order chi connectivity index (χ1) is 14.5. The molecule has 0 bridgehead atoms. The third kappa shape index (κ3) is 3.73. The Kier molecular flexibility index (Phi) is 5.27. The first kappa shape index (κ1) is 19.9. The molecule has 1 fully saturated rings. The lowest BCUT2D eigenvalue weighted by atomic mass is 10.2. The molecule has 2 aromatic heterocycles. The number of hydrogen-bond donors (Lipinski definition) is 0. The van der Waals surface area contributed by atoms with E-state index < -0.39 is 0 Å². The number of aromatic nitrogens is 4. The van der Waals surface area contributed by atoms with E-state index in [9.17, 15) is 4.79 Å². The monoisotopic (exact) mass is 476 g/mol. The van der Waals surface area contributed by atoms with Crippen LogP contribution in [0.5, 0.6) is 0 Å². The highest BCUT2D eigenvalue weighted by atomic mass is 35.5. The Morgan fingerprint density at radius 2 is 1.80 bits per heavy atom. The van der Waals surface area contributed by atoms with E-state index in [1.807, 2.05) is 16.7 Å². The molecule has 30 heavy (non-hydrogen) atoms. The van der Waals surface area contributed by atoms with Gasteiger partial charge in [-0.05, 0) is 54.8 Å². The van der Waals surface area contributed by atoms with Gasteiger partial charge in [0, 0.05) is 16.8 Å². The van der Waals surface area contributed by atoms with E-state index in [2.05, 4.69) is 4.98 Å². The molecule has 2 heterocycles. The number of rotatable bonds is 5. The minimum absolute atomic E-state index is 0.196. The fourth-order valence-corrected chi connectivity index (χ4v) is 4.65. The lowest BCUT2D eigenvalue weighted by Crippen LogP contribution is -2.22. The lowest BCUT2D eigenvalue weighted by molar-refractivity contribution is 0.739. The molecule has 0 radical (unpaired) electrons. The van der Waals surface area contributed by atoms with Gasteiger partial charge in [0.1, 0.15) is 0 Å². The number of thioether (sulfide) groups is 1. The number of imidazole rings is 1. The van der Waals surface area contributed by atoms with Crippen molar-refractivity contribution in [1.29, 1.82) is 0 Å². The van der Waals surface area contributed by atoms with Gasteiger partial charge in [0.2, 0.25) is 0 Å². The highest BCUT2D eigenvalue weighted by Crippen LogP contribution is 2.37. The lowest BCUT2D eigenvalue weighted by Gasteiger charge is -2.13. The van der Waals surface area contributed by atoms with Crippen LogP contribution in [0.4, 0.5) is 0 Å². The van der Waals surface area contributed by atoms with Crippen LogP contribution in [-0.4, -0.2) is 19.1 Å². The topological polar surface area (TPSA) is 52.7 Å². The van der Waals surface area contributed by atoms with Gasteiger partial charge in [-0.1, -0.05) is 52.6 Å². The molecule has 4 aromatic rings. The van der Waals surface area contributed by atoms with E-state index in [1.165, 1.54) is 11.8 Å². The molecule has 9 heteroatoms. The zero-order valence-corrected chi connectivity index (χ0v) is 18.6. The number of halogens is 3. The van der Waals surface area contributed by atoms with Crippen molar-refractivity contribution in [3.8, 4) is 5.69 Å². The molecule has 152 valence electrons. The van der Waals surface area contributed by atoms with Gasteiger partial charge in [0.15, 0.2) is 16.3 Å². The van der Waals surface area contributed by atoms with Crippen LogP contribution in [0.1, 0.15) is 24.4 Å². The number of benzene rings is 2. The second kappa shape index (κ2) is 7.93. The summed E-state index contributed by atoms with van der Waals surface area (Å²) in [6.45, 7) is 0. The Labute approximate surface area is 191 Å². The average molecular weight is 478 g/mol. The summed E-state index contributed by atoms with van der Waals surface area (Å²) in [7, 11) is 0. The standard InChI is InChI=1S/C21H15Cl3N4OS/c22-13-2-4-15(5-3-13)28-20(29)18-19(27(11-25-18)14-6-7-14)26-21(28)30-10-12-1-8-16(23)17(24)9-12/h1-5,8-9,11,14H,6-7,10H2. The molecule has 5 rings (SSSR count). The molecule has 1 aliphatic rings. The van der Waals surface area contributed by atoms with Crippen LogP contribution in [-0.2, 0) is 5.75 Å². The van der Waals surface area contributed by atoms with Gasteiger partial charge in [0.25, 0.3) is 5.56 Å². The van der Waals surface area contributed by atoms with Crippen molar-refractivity contribution < 1.29 is 0 Å². The summed E-state index contributed by atoms with van der Waals surface area (Å²) in [5.41, 5.74) is 2.48. The van der Waals surface area contributed by atoms with Crippen LogP contribution in [0.3, 0.4) is 0 Å². The molecule has 0 N–H and O–H groups in total. The van der Waals surface area contributed by atoms with E-state index in [0.717, 1.165) is 18.4 Å². The first-order valence-electron chi connectivity index (χ1n) is 9.33. The first-order valence-corrected chi connectivity index (χ1v) is 11.5. The molecule has 0 atom stereocenters. The normalized spacial score (nSPS) is 13.8. The van der Waals surface area contributed by atoms with Crippen molar-refractivity contribution in [3.05, 3.63) is 79.8 Å². The van der Waals surface area contributed by atoms with Gasteiger partial charge < -0.3 is 4.57 Å². The number of fused-ring (bicyclic) bond motifs is 1. The second-order valence-corrected chi connectivity index (χ2v) is 9.30. The molecule has 1 saturated carbocycles. The maximum absolute atomic E-state index is 13.4. The molecule has 1 aliphatic carbocycles. The van der Waals surface area contributed by atoms with Crippen LogP contribution in [0.2, 0.25) is 15.1 Å². The minimum atomic E-state index is -0.196. The smallest absolute Gasteiger partial charge is 0.286 e. The zero-order chi connectivity index (χ0) is 20.8. The molecule has 5 nitrogen and oxygen atoms in total. The molecule has 0 aliphatic heterocycles. The summed E-state index contributed by atoms with van der Waals surface area (Å²) >= 11 is 19.7. The van der Waals surface area contributed by atoms with Crippen LogP contribution in [0.15, 0.2) is 58.7 Å². The SMILES string of the molecule is O=c1c2ncn(C3CC3)c2nc(SCc2ccc(Cl)c(Cl)c2)n1-c1ccc(Cl)cc1. The average Bonchev–Trinajstić information content (AvgIpc) is 3.49. The Morgan fingerprint density at radius 3 is 2.50 bits per heavy atom. The fraction of sp³-hybridized carbons (Fsp3) is 0.190. The minimum Gasteiger partial charge on any atom is -0.312 e. The van der Waals surface area contributed by atoms with Crippen molar-refractivity contribution in [2.24, 2.45) is 0 Å². The Bertz CT molecular complexity index is 1310. The molecule has 0 spiro atoms. The highest BCUT2D eigenvalue weighted by molar-refractivity contribution is 7.98. The molecule has 2 aromatic carbocycles. The maximum Gasteiger partial charge on any atom is 0.286 e. The van der Waals surface area contributed by atoms with E-state index in [4.69, 9.17) is 39.8 Å². The van der Waals surface area contributed by atoms with Crippen LogP contribution < -0.4 is 5.56 Å². The summed E-state index contributed by atoms with van der Waals surface area (Å²) in [6, 6.07) is 13.0. The second-order valence-electron chi connectivity index (χ2n) is 7.10. The van der Waals surface area contributed by atoms with Gasteiger partial charge in [-0.25, -0.2) is 9.97 Å². The Balaban J connectivity index is 1.62. The molecule has 0 saturated heterocycles. The van der Waals surface area contributed by atoms with Gasteiger partial charge >= 0.3 is 0 Å². The Hall–Kier alpha value is -1.99. The van der Waals surface area contributed by atoms with E-state index >= 15 is 0 Å². The summed E-state index contributed by atoms with van der Waals surface area (Å²) in [5, 5.41) is 2.20. The fourth-order valence-electron chi connectivity index (χ4n) is 3.26. The molecule has 0 amide bonds. The summed E-state index contributed by atoms with van der Waals surface area (Å²) in [6.07, 6.45) is 3.88. The molecule has 0 unspecified atom stereocenters. The number of nitrogens with zero attached hydrogens (tertiary/aromatic N) is 4. The van der Waals surface area contributed by atoms with Crippen LogP contribution in [0, 0.1) is 0 Å². The van der Waals surface area contributed by atoms with Gasteiger partial charge in [-0.15, -0.1) is 0 Å². The number of hydrogen-bond acceptors (Lipinski definition) is 4. The van der Waals surface area contributed by atoms with Crippen LogP contribution in [0.25, 0.3) is 16.9 Å². The van der Waals surface area contributed by atoms with E-state index in [0.29, 0.717) is 48.9 Å². The van der Waals surface area contributed by atoms with Gasteiger partial charge in [-0.3, -0.25) is 9.36 Å². The summed E-state index contributed by atoms with van der Waals surface area (Å²) in [4.78, 5) is 22.6. The van der Waals surface area contributed by atoms with Gasteiger partial charge in [0.05, 0.1) is 22.1 Å². The van der Waals surface area contributed by atoms with Gasteiger partial charge in [-0.2, -0.15) is 0 Å². The van der Waals surface area contributed by atoms with Crippen molar-refractivity contribution in [1.82, 2.24) is 19.1 Å². The molecular weight excluding hydrogens is 463 g/mol. The zero-order valence-electron chi connectivity index (χ0n) is 15.6. The quantitative estimate of drug-likeness (QED) is 0.255. The van der Waals surface area contributed by atoms with Crippen molar-refractivity contribution in [3.63, 3.8) is 0 Å². The predicted molar refractivity (Wildman–Crippen MR) is 122 cm³/mol. The summed E-state index contributed by atoms with van der Waals surface area (Å²) in [5.74, 6) is 0.583. The molecular formula is C21H15Cl3N4OS. The largest absolute Gasteiger partial charge is 0.312 e. The maximum atomic E-state index is 13.4. The van der Waals surface area contributed by atoms with E-state index in [1.54, 1.807) is 41.2 Å².